The SMILES string of the molecule is O=C(c1ccc(SC(F)(F)F)cc1)N1CCN(c2ccncc2)CC1. The van der Waals surface area contributed by atoms with Gasteiger partial charge in [-0.3, -0.25) is 9.78 Å². The summed E-state index contributed by atoms with van der Waals surface area (Å²) in [5, 5.41) is 0. The summed E-state index contributed by atoms with van der Waals surface area (Å²) in [6.07, 6.45) is 3.46. The minimum absolute atomic E-state index is 0.0755. The predicted octanol–water partition coefficient (Wildman–Crippen LogP) is 3.66. The number of carbonyl (C=O) groups excluding carboxylic acids is 1. The van der Waals surface area contributed by atoms with Crippen LogP contribution in [-0.4, -0.2) is 47.5 Å². The normalized spacial score (nSPS) is 15.3. The number of nitrogens with zero attached hydrogens (tertiary/aromatic N) is 3. The molecule has 2 heterocycles. The lowest BCUT2D eigenvalue weighted by Crippen LogP contribution is -2.48. The number of piperazine rings is 1. The number of anilines is 1. The van der Waals surface area contributed by atoms with Gasteiger partial charge < -0.3 is 9.80 Å². The fourth-order valence-electron chi connectivity index (χ4n) is 2.70. The molecule has 1 fully saturated rings. The maximum atomic E-state index is 12.5. The number of benzene rings is 1. The van der Waals surface area contributed by atoms with Gasteiger partial charge >= 0.3 is 5.51 Å². The van der Waals surface area contributed by atoms with Crippen LogP contribution in [0.2, 0.25) is 0 Å². The number of thioether (sulfide) groups is 1. The lowest BCUT2D eigenvalue weighted by atomic mass is 10.2. The van der Waals surface area contributed by atoms with E-state index in [4.69, 9.17) is 0 Å². The molecular weight excluding hydrogens is 351 g/mol. The third-order valence-electron chi connectivity index (χ3n) is 3.93. The molecule has 8 heteroatoms. The highest BCUT2D eigenvalue weighted by molar-refractivity contribution is 8.00. The zero-order valence-corrected chi connectivity index (χ0v) is 14.1. The fraction of sp³-hybridized carbons (Fsp3) is 0.294. The van der Waals surface area contributed by atoms with E-state index in [0.29, 0.717) is 31.7 Å². The summed E-state index contributed by atoms with van der Waals surface area (Å²) in [5.74, 6) is -0.155. The molecule has 1 aliphatic rings. The summed E-state index contributed by atoms with van der Waals surface area (Å²) in [6, 6.07) is 9.41. The number of carbonyl (C=O) groups is 1. The summed E-state index contributed by atoms with van der Waals surface area (Å²) in [6.45, 7) is 2.55. The van der Waals surface area contributed by atoms with Crippen LogP contribution in [0.4, 0.5) is 18.9 Å². The first-order valence-corrected chi connectivity index (χ1v) is 8.54. The molecule has 4 nitrogen and oxygen atoms in total. The van der Waals surface area contributed by atoms with Gasteiger partial charge in [-0.15, -0.1) is 0 Å². The predicted molar refractivity (Wildman–Crippen MR) is 90.7 cm³/mol. The number of hydrogen-bond donors (Lipinski definition) is 0. The Kier molecular flexibility index (Phi) is 5.17. The third kappa shape index (κ3) is 4.66. The zero-order chi connectivity index (χ0) is 17.9. The Bertz CT molecular complexity index is 714. The lowest BCUT2D eigenvalue weighted by molar-refractivity contribution is -0.0328. The van der Waals surface area contributed by atoms with E-state index in [9.17, 15) is 18.0 Å². The van der Waals surface area contributed by atoms with E-state index in [1.165, 1.54) is 24.3 Å². The van der Waals surface area contributed by atoms with Crippen molar-refractivity contribution in [2.24, 2.45) is 0 Å². The van der Waals surface area contributed by atoms with Crippen LogP contribution in [0.5, 0.6) is 0 Å². The summed E-state index contributed by atoms with van der Waals surface area (Å²) < 4.78 is 37.0. The van der Waals surface area contributed by atoms with E-state index in [0.717, 1.165) is 5.69 Å². The molecule has 0 saturated carbocycles. The molecule has 1 aromatic carbocycles. The van der Waals surface area contributed by atoms with E-state index in [1.54, 1.807) is 17.3 Å². The first kappa shape index (κ1) is 17.6. The van der Waals surface area contributed by atoms with Crippen molar-refractivity contribution in [3.63, 3.8) is 0 Å². The average Bonchev–Trinajstić information content (AvgIpc) is 2.61. The Morgan fingerprint density at radius 2 is 1.56 bits per heavy atom. The van der Waals surface area contributed by atoms with Gasteiger partial charge in [0.1, 0.15) is 0 Å². The summed E-state index contributed by atoms with van der Waals surface area (Å²) in [7, 11) is 0. The van der Waals surface area contributed by atoms with Crippen LogP contribution in [0.25, 0.3) is 0 Å². The first-order valence-electron chi connectivity index (χ1n) is 7.72. The van der Waals surface area contributed by atoms with Crippen molar-refractivity contribution in [2.75, 3.05) is 31.1 Å². The molecule has 3 rings (SSSR count). The van der Waals surface area contributed by atoms with Gasteiger partial charge in [0.15, 0.2) is 0 Å². The van der Waals surface area contributed by atoms with E-state index in [1.807, 2.05) is 12.1 Å². The van der Waals surface area contributed by atoms with Crippen molar-refractivity contribution < 1.29 is 18.0 Å². The topological polar surface area (TPSA) is 36.4 Å². The Morgan fingerprint density at radius 1 is 0.960 bits per heavy atom. The van der Waals surface area contributed by atoms with Gasteiger partial charge in [-0.05, 0) is 48.2 Å². The van der Waals surface area contributed by atoms with E-state index in [2.05, 4.69) is 9.88 Å². The second kappa shape index (κ2) is 7.35. The maximum absolute atomic E-state index is 12.5. The Morgan fingerprint density at radius 3 is 2.12 bits per heavy atom. The van der Waals surface area contributed by atoms with E-state index in [-0.39, 0.29) is 22.6 Å². The molecular formula is C17H16F3N3OS. The van der Waals surface area contributed by atoms with Gasteiger partial charge in [-0.1, -0.05) is 0 Å². The second-order valence-electron chi connectivity index (χ2n) is 5.56. The largest absolute Gasteiger partial charge is 0.446 e. The standard InChI is InChI=1S/C17H16F3N3OS/c18-17(19,20)25-15-3-1-13(2-4-15)16(24)23-11-9-22(10-12-23)14-5-7-21-8-6-14/h1-8H,9-12H2. The van der Waals surface area contributed by atoms with Crippen LogP contribution in [0.3, 0.4) is 0 Å². The smallest absolute Gasteiger partial charge is 0.368 e. The maximum Gasteiger partial charge on any atom is 0.446 e. The Hall–Kier alpha value is -2.22. The van der Waals surface area contributed by atoms with Gasteiger partial charge in [-0.25, -0.2) is 0 Å². The zero-order valence-electron chi connectivity index (χ0n) is 13.2. The molecule has 132 valence electrons. The number of rotatable bonds is 3. The van der Waals surface area contributed by atoms with Gasteiger partial charge in [0.2, 0.25) is 0 Å². The number of alkyl halides is 3. The van der Waals surface area contributed by atoms with Gasteiger partial charge in [-0.2, -0.15) is 13.2 Å². The summed E-state index contributed by atoms with van der Waals surface area (Å²) in [5.41, 5.74) is -2.85. The minimum Gasteiger partial charge on any atom is -0.368 e. The number of amides is 1. The van der Waals surface area contributed by atoms with Crippen molar-refractivity contribution >= 4 is 23.4 Å². The van der Waals surface area contributed by atoms with Gasteiger partial charge in [0.05, 0.1) is 0 Å². The van der Waals surface area contributed by atoms with E-state index >= 15 is 0 Å². The van der Waals surface area contributed by atoms with Crippen molar-refractivity contribution in [1.29, 1.82) is 0 Å². The average molecular weight is 367 g/mol. The molecule has 0 spiro atoms. The molecule has 1 aliphatic heterocycles. The van der Waals surface area contributed by atoms with Crippen LogP contribution in [0, 0.1) is 0 Å². The van der Waals surface area contributed by atoms with Crippen molar-refractivity contribution in [1.82, 2.24) is 9.88 Å². The molecule has 0 N–H and O–H groups in total. The van der Waals surface area contributed by atoms with E-state index < -0.39 is 5.51 Å². The van der Waals surface area contributed by atoms with Gasteiger partial charge in [0.25, 0.3) is 5.91 Å². The van der Waals surface area contributed by atoms with Crippen LogP contribution in [-0.2, 0) is 0 Å². The molecule has 1 aromatic heterocycles. The van der Waals surface area contributed by atoms with Crippen LogP contribution in [0.1, 0.15) is 10.4 Å². The summed E-state index contributed by atoms with van der Waals surface area (Å²) >= 11 is -0.182. The third-order valence-corrected chi connectivity index (χ3v) is 4.67. The van der Waals surface area contributed by atoms with Crippen LogP contribution >= 0.6 is 11.8 Å². The highest BCUT2D eigenvalue weighted by Crippen LogP contribution is 2.36. The molecule has 1 amide bonds. The number of pyridine rings is 1. The number of aromatic nitrogens is 1. The van der Waals surface area contributed by atoms with Crippen molar-refractivity contribution in [2.45, 2.75) is 10.4 Å². The number of hydrogen-bond acceptors (Lipinski definition) is 4. The quantitative estimate of drug-likeness (QED) is 0.776. The monoisotopic (exact) mass is 367 g/mol. The highest BCUT2D eigenvalue weighted by Gasteiger charge is 2.29. The molecule has 0 aliphatic carbocycles. The second-order valence-corrected chi connectivity index (χ2v) is 6.70. The Labute approximate surface area is 147 Å². The number of halogens is 3. The van der Waals surface area contributed by atoms with Crippen LogP contribution in [0.15, 0.2) is 53.7 Å². The van der Waals surface area contributed by atoms with Crippen LogP contribution < -0.4 is 4.90 Å². The fourth-order valence-corrected chi connectivity index (χ4v) is 3.24. The van der Waals surface area contributed by atoms with Crippen molar-refractivity contribution in [3.05, 3.63) is 54.4 Å². The molecule has 0 unspecified atom stereocenters. The molecule has 2 aromatic rings. The van der Waals surface area contributed by atoms with Crippen molar-refractivity contribution in [3.8, 4) is 0 Å². The highest BCUT2D eigenvalue weighted by atomic mass is 32.2. The summed E-state index contributed by atoms with van der Waals surface area (Å²) in [4.78, 5) is 20.5. The Balaban J connectivity index is 1.59. The first-order chi connectivity index (χ1) is 11.9. The molecule has 0 radical (unpaired) electrons. The minimum atomic E-state index is -4.32. The molecule has 1 saturated heterocycles. The molecule has 0 bridgehead atoms. The lowest BCUT2D eigenvalue weighted by Gasteiger charge is -2.36. The van der Waals surface area contributed by atoms with Gasteiger partial charge in [0, 0.05) is 54.7 Å². The molecule has 0 atom stereocenters. The molecule has 25 heavy (non-hydrogen) atoms.